The molecule has 1 atom stereocenters. The van der Waals surface area contributed by atoms with Crippen molar-refractivity contribution in [3.8, 4) is 0 Å². The number of nitrogens with zero attached hydrogens (tertiary/aromatic N) is 3. The van der Waals surface area contributed by atoms with Gasteiger partial charge in [0.15, 0.2) is 0 Å². The van der Waals surface area contributed by atoms with Crippen molar-refractivity contribution in [1.29, 1.82) is 0 Å². The number of likely N-dealkylation sites (N-methyl/N-ethyl adjacent to an activating group) is 1. The molecule has 2 heterocycles. The quantitative estimate of drug-likeness (QED) is 0.813. The predicted molar refractivity (Wildman–Crippen MR) is 100.0 cm³/mol. The van der Waals surface area contributed by atoms with E-state index in [1.807, 2.05) is 11.9 Å². The molecule has 3 rings (SSSR count). The molecule has 0 spiro atoms. The van der Waals surface area contributed by atoms with Crippen molar-refractivity contribution in [3.05, 3.63) is 36.4 Å². The number of anilines is 2. The number of carbonyl (C=O) groups excluding carboxylic acids is 1. The maximum absolute atomic E-state index is 13.4. The molecule has 1 amide bonds. The molecule has 27 heavy (non-hydrogen) atoms. The standard InChI is InChI=1S/C19H25F3N4O/c1-3-18(27)26-5-4-15(13-26)23-16-10-14(19(20,21)22)11-17(12-16)25-8-6-24(2)7-9-25/h3,10-12,15,23H,1,4-9,13H2,2H3. The zero-order chi connectivity index (χ0) is 19.6. The first kappa shape index (κ1) is 19.5. The zero-order valence-corrected chi connectivity index (χ0v) is 15.4. The smallest absolute Gasteiger partial charge is 0.380 e. The highest BCUT2D eigenvalue weighted by molar-refractivity contribution is 5.87. The average molecular weight is 382 g/mol. The molecule has 0 aliphatic carbocycles. The molecule has 5 nitrogen and oxygen atoms in total. The Kier molecular flexibility index (Phi) is 5.64. The van der Waals surface area contributed by atoms with E-state index in [2.05, 4.69) is 16.8 Å². The minimum Gasteiger partial charge on any atom is -0.380 e. The minimum absolute atomic E-state index is 0.0716. The predicted octanol–water partition coefficient (Wildman–Crippen LogP) is 2.66. The van der Waals surface area contributed by atoms with E-state index in [9.17, 15) is 18.0 Å². The van der Waals surface area contributed by atoms with Gasteiger partial charge in [0.2, 0.25) is 5.91 Å². The Hall–Kier alpha value is -2.22. The van der Waals surface area contributed by atoms with E-state index in [4.69, 9.17) is 0 Å². The molecule has 0 saturated carbocycles. The maximum atomic E-state index is 13.4. The van der Waals surface area contributed by atoms with Gasteiger partial charge >= 0.3 is 6.18 Å². The van der Waals surface area contributed by atoms with Gasteiger partial charge in [0.05, 0.1) is 5.56 Å². The van der Waals surface area contributed by atoms with Crippen LogP contribution in [0.2, 0.25) is 0 Å². The molecule has 2 aliphatic heterocycles. The average Bonchev–Trinajstić information content (AvgIpc) is 3.09. The third-order valence-electron chi connectivity index (χ3n) is 5.16. The van der Waals surface area contributed by atoms with Crippen LogP contribution < -0.4 is 10.2 Å². The van der Waals surface area contributed by atoms with Crippen LogP contribution in [0.1, 0.15) is 12.0 Å². The number of benzene rings is 1. The summed E-state index contributed by atoms with van der Waals surface area (Å²) >= 11 is 0. The molecule has 0 radical (unpaired) electrons. The fourth-order valence-electron chi connectivity index (χ4n) is 3.55. The Morgan fingerprint density at radius 2 is 1.89 bits per heavy atom. The zero-order valence-electron chi connectivity index (χ0n) is 15.4. The van der Waals surface area contributed by atoms with Gasteiger partial charge in [-0.05, 0) is 37.7 Å². The highest BCUT2D eigenvalue weighted by Gasteiger charge is 2.32. The van der Waals surface area contributed by atoms with Gasteiger partial charge in [-0.1, -0.05) is 6.58 Å². The van der Waals surface area contributed by atoms with E-state index < -0.39 is 11.7 Å². The van der Waals surface area contributed by atoms with E-state index in [1.54, 1.807) is 11.0 Å². The number of likely N-dealkylation sites (tertiary alicyclic amines) is 1. The fraction of sp³-hybridized carbons (Fsp3) is 0.526. The van der Waals surface area contributed by atoms with Crippen LogP contribution in [0, 0.1) is 0 Å². The Morgan fingerprint density at radius 1 is 1.19 bits per heavy atom. The Morgan fingerprint density at radius 3 is 2.52 bits per heavy atom. The lowest BCUT2D eigenvalue weighted by Gasteiger charge is -2.34. The van der Waals surface area contributed by atoms with Gasteiger partial charge in [-0.25, -0.2) is 0 Å². The van der Waals surface area contributed by atoms with Crippen LogP contribution in [0.5, 0.6) is 0 Å². The first-order chi connectivity index (χ1) is 12.8. The summed E-state index contributed by atoms with van der Waals surface area (Å²) in [5.74, 6) is -0.151. The van der Waals surface area contributed by atoms with Crippen LogP contribution in [-0.2, 0) is 11.0 Å². The summed E-state index contributed by atoms with van der Waals surface area (Å²) in [5, 5.41) is 3.19. The van der Waals surface area contributed by atoms with Gasteiger partial charge in [0.25, 0.3) is 0 Å². The lowest BCUT2D eigenvalue weighted by atomic mass is 10.1. The largest absolute Gasteiger partial charge is 0.416 e. The van der Waals surface area contributed by atoms with Crippen molar-refractivity contribution < 1.29 is 18.0 Å². The summed E-state index contributed by atoms with van der Waals surface area (Å²) in [6.45, 7) is 7.55. The van der Waals surface area contributed by atoms with E-state index in [-0.39, 0.29) is 11.9 Å². The molecule has 2 saturated heterocycles. The molecular weight excluding hydrogens is 357 g/mol. The van der Waals surface area contributed by atoms with E-state index in [0.29, 0.717) is 44.0 Å². The molecule has 148 valence electrons. The van der Waals surface area contributed by atoms with Crippen molar-refractivity contribution in [3.63, 3.8) is 0 Å². The number of carbonyl (C=O) groups is 1. The maximum Gasteiger partial charge on any atom is 0.416 e. The van der Waals surface area contributed by atoms with E-state index in [0.717, 1.165) is 19.2 Å². The lowest BCUT2D eigenvalue weighted by molar-refractivity contribution is -0.137. The van der Waals surface area contributed by atoms with Crippen molar-refractivity contribution in [2.24, 2.45) is 0 Å². The van der Waals surface area contributed by atoms with E-state index in [1.165, 1.54) is 12.1 Å². The van der Waals surface area contributed by atoms with Gasteiger partial charge < -0.3 is 20.0 Å². The van der Waals surface area contributed by atoms with Gasteiger partial charge in [-0.3, -0.25) is 4.79 Å². The van der Waals surface area contributed by atoms with Gasteiger partial charge in [0, 0.05) is 56.7 Å². The fourth-order valence-corrected chi connectivity index (χ4v) is 3.55. The summed E-state index contributed by atoms with van der Waals surface area (Å²) in [7, 11) is 2.01. The number of hydrogen-bond donors (Lipinski definition) is 1. The molecule has 0 bridgehead atoms. The molecule has 8 heteroatoms. The molecule has 1 aromatic rings. The van der Waals surface area contributed by atoms with Gasteiger partial charge in [0.1, 0.15) is 0 Å². The molecule has 1 aromatic carbocycles. The molecule has 2 fully saturated rings. The van der Waals surface area contributed by atoms with Gasteiger partial charge in [-0.2, -0.15) is 13.2 Å². The second-order valence-corrected chi connectivity index (χ2v) is 7.17. The number of nitrogens with one attached hydrogen (secondary N) is 1. The second-order valence-electron chi connectivity index (χ2n) is 7.17. The summed E-state index contributed by atoms with van der Waals surface area (Å²) in [6, 6.07) is 4.08. The second kappa shape index (κ2) is 7.80. The number of amides is 1. The summed E-state index contributed by atoms with van der Waals surface area (Å²) in [5.41, 5.74) is 0.368. The first-order valence-electron chi connectivity index (χ1n) is 9.10. The minimum atomic E-state index is -4.40. The molecule has 2 aliphatic rings. The van der Waals surface area contributed by atoms with Crippen LogP contribution in [0.15, 0.2) is 30.9 Å². The number of halogens is 3. The first-order valence-corrected chi connectivity index (χ1v) is 9.10. The molecule has 0 aromatic heterocycles. The SMILES string of the molecule is C=CC(=O)N1CCC(Nc2cc(N3CCN(C)CC3)cc(C(F)(F)F)c2)C1. The number of hydrogen-bond acceptors (Lipinski definition) is 4. The normalized spacial score (nSPS) is 21.4. The summed E-state index contributed by atoms with van der Waals surface area (Å²) in [4.78, 5) is 17.5. The number of rotatable bonds is 4. The Labute approximate surface area is 157 Å². The molecule has 1 unspecified atom stereocenters. The summed E-state index contributed by atoms with van der Waals surface area (Å²) < 4.78 is 40.2. The third kappa shape index (κ3) is 4.74. The highest BCUT2D eigenvalue weighted by Crippen LogP contribution is 2.35. The van der Waals surface area contributed by atoms with Crippen LogP contribution in [0.25, 0.3) is 0 Å². The van der Waals surface area contributed by atoms with Crippen molar-refractivity contribution in [2.45, 2.75) is 18.6 Å². The van der Waals surface area contributed by atoms with Crippen molar-refractivity contribution in [1.82, 2.24) is 9.80 Å². The van der Waals surface area contributed by atoms with Crippen molar-refractivity contribution >= 4 is 17.3 Å². The monoisotopic (exact) mass is 382 g/mol. The van der Waals surface area contributed by atoms with Crippen LogP contribution in [-0.4, -0.2) is 68.1 Å². The number of piperazine rings is 1. The molecule has 1 N–H and O–H groups in total. The van der Waals surface area contributed by atoms with Gasteiger partial charge in [-0.15, -0.1) is 0 Å². The Balaban J connectivity index is 1.79. The van der Waals surface area contributed by atoms with Crippen LogP contribution in [0.3, 0.4) is 0 Å². The lowest BCUT2D eigenvalue weighted by Crippen LogP contribution is -2.44. The van der Waals surface area contributed by atoms with E-state index >= 15 is 0 Å². The summed E-state index contributed by atoms with van der Waals surface area (Å²) in [6.07, 6.45) is -2.45. The highest BCUT2D eigenvalue weighted by atomic mass is 19.4. The van der Waals surface area contributed by atoms with Crippen LogP contribution in [0.4, 0.5) is 24.5 Å². The van der Waals surface area contributed by atoms with Crippen LogP contribution >= 0.6 is 0 Å². The molecular formula is C19H25F3N4O. The van der Waals surface area contributed by atoms with Crippen molar-refractivity contribution in [2.75, 3.05) is 56.5 Å². The topological polar surface area (TPSA) is 38.8 Å². The Bertz CT molecular complexity index is 699. The third-order valence-corrected chi connectivity index (χ3v) is 5.16. The number of alkyl halides is 3.